The number of ether oxygens (including phenoxy) is 1. The maximum absolute atomic E-state index is 6.07. The standard InChI is InChI=1S/C19H25N3O/c1-4-15-7-6-8-16(5-2)18(15)22-19(20)21-13-14-9-11-17(23-3)12-10-14/h6-12H,4-5,13H2,1-3H3,(H3,20,21,22). The number of hydrogen-bond donors (Lipinski definition) is 2. The fourth-order valence-corrected chi connectivity index (χ4v) is 2.48. The summed E-state index contributed by atoms with van der Waals surface area (Å²) in [7, 11) is 1.66. The molecule has 23 heavy (non-hydrogen) atoms. The Morgan fingerprint density at radius 1 is 1.04 bits per heavy atom. The van der Waals surface area contributed by atoms with Gasteiger partial charge < -0.3 is 15.8 Å². The van der Waals surface area contributed by atoms with E-state index >= 15 is 0 Å². The van der Waals surface area contributed by atoms with E-state index in [9.17, 15) is 0 Å². The first kappa shape index (κ1) is 16.9. The normalized spacial score (nSPS) is 11.3. The zero-order chi connectivity index (χ0) is 16.7. The fraction of sp³-hybridized carbons (Fsp3) is 0.316. The van der Waals surface area contributed by atoms with Crippen LogP contribution in [-0.2, 0) is 19.4 Å². The van der Waals surface area contributed by atoms with Gasteiger partial charge in [-0.25, -0.2) is 4.99 Å². The molecule has 122 valence electrons. The lowest BCUT2D eigenvalue weighted by Crippen LogP contribution is -2.24. The number of para-hydroxylation sites is 1. The van der Waals surface area contributed by atoms with Crippen molar-refractivity contribution in [2.45, 2.75) is 33.2 Å². The van der Waals surface area contributed by atoms with Gasteiger partial charge in [-0.1, -0.05) is 44.2 Å². The van der Waals surface area contributed by atoms with E-state index in [0.717, 1.165) is 29.8 Å². The summed E-state index contributed by atoms with van der Waals surface area (Å²) in [6.45, 7) is 4.83. The Morgan fingerprint density at radius 2 is 1.65 bits per heavy atom. The monoisotopic (exact) mass is 311 g/mol. The van der Waals surface area contributed by atoms with Gasteiger partial charge >= 0.3 is 0 Å². The van der Waals surface area contributed by atoms with Crippen LogP contribution >= 0.6 is 0 Å². The molecule has 0 amide bonds. The average Bonchev–Trinajstić information content (AvgIpc) is 2.60. The SMILES string of the molecule is CCc1cccc(CC)c1NC(N)=NCc1ccc(OC)cc1. The van der Waals surface area contributed by atoms with E-state index in [4.69, 9.17) is 10.5 Å². The Bertz CT molecular complexity index is 641. The molecule has 0 aromatic heterocycles. The summed E-state index contributed by atoms with van der Waals surface area (Å²) in [6, 6.07) is 14.2. The van der Waals surface area contributed by atoms with E-state index in [-0.39, 0.29) is 0 Å². The van der Waals surface area contributed by atoms with Crippen LogP contribution in [0.3, 0.4) is 0 Å². The van der Waals surface area contributed by atoms with Crippen LogP contribution in [0.1, 0.15) is 30.5 Å². The second-order valence-electron chi connectivity index (χ2n) is 5.33. The van der Waals surface area contributed by atoms with Gasteiger partial charge in [-0.2, -0.15) is 0 Å². The molecule has 2 aromatic rings. The van der Waals surface area contributed by atoms with Crippen molar-refractivity contribution in [3.63, 3.8) is 0 Å². The smallest absolute Gasteiger partial charge is 0.193 e. The van der Waals surface area contributed by atoms with Crippen LogP contribution in [0, 0.1) is 0 Å². The first-order valence-electron chi connectivity index (χ1n) is 7.98. The van der Waals surface area contributed by atoms with Crippen molar-refractivity contribution in [3.05, 3.63) is 59.2 Å². The van der Waals surface area contributed by atoms with Gasteiger partial charge in [0.1, 0.15) is 5.75 Å². The molecule has 4 nitrogen and oxygen atoms in total. The summed E-state index contributed by atoms with van der Waals surface area (Å²) in [5.74, 6) is 1.28. The molecule has 0 aliphatic heterocycles. The van der Waals surface area contributed by atoms with Crippen molar-refractivity contribution >= 4 is 11.6 Å². The van der Waals surface area contributed by atoms with Crippen LogP contribution < -0.4 is 15.8 Å². The fourth-order valence-electron chi connectivity index (χ4n) is 2.48. The highest BCUT2D eigenvalue weighted by Gasteiger charge is 2.07. The zero-order valence-corrected chi connectivity index (χ0v) is 14.1. The van der Waals surface area contributed by atoms with E-state index in [1.54, 1.807) is 7.11 Å². The molecule has 3 N–H and O–H groups in total. The second kappa shape index (κ2) is 8.22. The molecular weight excluding hydrogens is 286 g/mol. The van der Waals surface area contributed by atoms with Crippen molar-refractivity contribution in [3.8, 4) is 5.75 Å². The van der Waals surface area contributed by atoms with Crippen molar-refractivity contribution in [2.24, 2.45) is 10.7 Å². The molecule has 0 atom stereocenters. The summed E-state index contributed by atoms with van der Waals surface area (Å²) in [6.07, 6.45) is 1.92. The Hall–Kier alpha value is -2.49. The van der Waals surface area contributed by atoms with Crippen molar-refractivity contribution in [1.82, 2.24) is 0 Å². The molecule has 0 bridgehead atoms. The Kier molecular flexibility index (Phi) is 6.03. The minimum absolute atomic E-state index is 0.441. The molecule has 4 heteroatoms. The Labute approximate surface area is 138 Å². The molecule has 0 fully saturated rings. The number of benzene rings is 2. The summed E-state index contributed by atoms with van der Waals surface area (Å²) in [5.41, 5.74) is 10.8. The number of methoxy groups -OCH3 is 1. The highest BCUT2D eigenvalue weighted by atomic mass is 16.5. The quantitative estimate of drug-likeness (QED) is 0.631. The van der Waals surface area contributed by atoms with Gasteiger partial charge in [-0.3, -0.25) is 0 Å². The van der Waals surface area contributed by atoms with Crippen molar-refractivity contribution < 1.29 is 4.74 Å². The number of anilines is 1. The summed E-state index contributed by atoms with van der Waals surface area (Å²) >= 11 is 0. The summed E-state index contributed by atoms with van der Waals surface area (Å²) in [4.78, 5) is 4.44. The Morgan fingerprint density at radius 3 is 2.17 bits per heavy atom. The second-order valence-corrected chi connectivity index (χ2v) is 5.33. The lowest BCUT2D eigenvalue weighted by Gasteiger charge is -2.14. The van der Waals surface area contributed by atoms with Crippen LogP contribution in [0.2, 0.25) is 0 Å². The lowest BCUT2D eigenvalue weighted by molar-refractivity contribution is 0.414. The predicted molar refractivity (Wildman–Crippen MR) is 97.1 cm³/mol. The van der Waals surface area contributed by atoms with Gasteiger partial charge in [-0.05, 0) is 41.7 Å². The van der Waals surface area contributed by atoms with Gasteiger partial charge in [0.25, 0.3) is 0 Å². The van der Waals surface area contributed by atoms with E-state index in [1.807, 2.05) is 24.3 Å². The summed E-state index contributed by atoms with van der Waals surface area (Å²) in [5, 5.41) is 3.28. The van der Waals surface area contributed by atoms with Gasteiger partial charge in [0.05, 0.1) is 13.7 Å². The van der Waals surface area contributed by atoms with E-state index < -0.39 is 0 Å². The zero-order valence-electron chi connectivity index (χ0n) is 14.1. The maximum Gasteiger partial charge on any atom is 0.193 e. The lowest BCUT2D eigenvalue weighted by atomic mass is 10.0. The Balaban J connectivity index is 2.10. The third kappa shape index (κ3) is 4.49. The molecule has 2 aromatic carbocycles. The average molecular weight is 311 g/mol. The number of nitrogens with zero attached hydrogens (tertiary/aromatic N) is 1. The molecule has 0 saturated heterocycles. The maximum atomic E-state index is 6.07. The highest BCUT2D eigenvalue weighted by molar-refractivity contribution is 5.93. The van der Waals surface area contributed by atoms with E-state index in [1.165, 1.54) is 11.1 Å². The minimum Gasteiger partial charge on any atom is -0.497 e. The summed E-state index contributed by atoms with van der Waals surface area (Å²) < 4.78 is 5.15. The van der Waals surface area contributed by atoms with Crippen LogP contribution in [0.25, 0.3) is 0 Å². The third-order valence-electron chi connectivity index (χ3n) is 3.84. The van der Waals surface area contributed by atoms with Crippen molar-refractivity contribution in [2.75, 3.05) is 12.4 Å². The number of guanidine groups is 1. The first-order chi connectivity index (χ1) is 11.2. The van der Waals surface area contributed by atoms with Crippen LogP contribution in [-0.4, -0.2) is 13.1 Å². The highest BCUT2D eigenvalue weighted by Crippen LogP contribution is 2.22. The van der Waals surface area contributed by atoms with E-state index in [2.05, 4.69) is 42.4 Å². The number of aryl methyl sites for hydroxylation is 2. The van der Waals surface area contributed by atoms with E-state index in [0.29, 0.717) is 12.5 Å². The van der Waals surface area contributed by atoms with Crippen LogP contribution in [0.15, 0.2) is 47.5 Å². The number of nitrogens with one attached hydrogen (secondary N) is 1. The number of aliphatic imine (C=N–C) groups is 1. The molecule has 0 spiro atoms. The van der Waals surface area contributed by atoms with Gasteiger partial charge in [0.2, 0.25) is 0 Å². The molecule has 0 saturated carbocycles. The molecule has 0 aliphatic carbocycles. The predicted octanol–water partition coefficient (Wildman–Crippen LogP) is 3.75. The first-order valence-corrected chi connectivity index (χ1v) is 7.98. The topological polar surface area (TPSA) is 59.6 Å². The minimum atomic E-state index is 0.441. The molecule has 0 aliphatic rings. The van der Waals surface area contributed by atoms with Crippen molar-refractivity contribution in [1.29, 1.82) is 0 Å². The van der Waals surface area contributed by atoms with Gasteiger partial charge in [0.15, 0.2) is 5.96 Å². The van der Waals surface area contributed by atoms with Gasteiger partial charge in [0, 0.05) is 5.69 Å². The molecular formula is C19H25N3O. The molecule has 2 rings (SSSR count). The largest absolute Gasteiger partial charge is 0.497 e. The third-order valence-corrected chi connectivity index (χ3v) is 3.84. The van der Waals surface area contributed by atoms with Crippen LogP contribution in [0.4, 0.5) is 5.69 Å². The molecule has 0 unspecified atom stereocenters. The number of rotatable bonds is 6. The molecule has 0 radical (unpaired) electrons. The number of nitrogens with two attached hydrogens (primary N) is 1. The van der Waals surface area contributed by atoms with Gasteiger partial charge in [-0.15, -0.1) is 0 Å². The van der Waals surface area contributed by atoms with Crippen LogP contribution in [0.5, 0.6) is 5.75 Å². The molecule has 0 heterocycles. The number of hydrogen-bond acceptors (Lipinski definition) is 2.